The summed E-state index contributed by atoms with van der Waals surface area (Å²) in [4.78, 5) is 29.8. The SMILES string of the molecule is COc1cc(C2/C(=C(\O)c3cc(Cl)cc(Cl)c3OC)C(=O)C(=O)N2CCN(C)C)ccc1OC(C)C. The standard InChI is InChI=1S/C26H30Cl2N2O6/c1-14(2)36-19-8-7-15(11-20(19)34-5)22-21(24(32)26(33)30(22)10-9-29(3)4)23(31)17-12-16(27)13-18(28)25(17)35-6/h7-8,11-14,22,31H,9-10H2,1-6H3/b23-21+. The Morgan fingerprint density at radius 2 is 1.78 bits per heavy atom. The van der Waals surface area contributed by atoms with Gasteiger partial charge in [-0.25, -0.2) is 0 Å². The molecule has 1 saturated heterocycles. The van der Waals surface area contributed by atoms with Crippen molar-refractivity contribution in [2.45, 2.75) is 26.0 Å². The van der Waals surface area contributed by atoms with Crippen molar-refractivity contribution in [3.8, 4) is 17.2 Å². The van der Waals surface area contributed by atoms with E-state index in [0.717, 1.165) is 0 Å². The van der Waals surface area contributed by atoms with Gasteiger partial charge in [0.1, 0.15) is 11.5 Å². The Hall–Kier alpha value is -2.94. The quantitative estimate of drug-likeness (QED) is 0.280. The molecule has 2 aromatic rings. The Kier molecular flexibility index (Phi) is 8.76. The number of halogens is 2. The number of rotatable bonds is 9. The normalized spacial score (nSPS) is 17.3. The van der Waals surface area contributed by atoms with Gasteiger partial charge in [0, 0.05) is 18.1 Å². The van der Waals surface area contributed by atoms with Crippen molar-refractivity contribution >= 4 is 40.7 Å². The number of likely N-dealkylation sites (tertiary alicyclic amines) is 1. The maximum absolute atomic E-state index is 13.3. The molecule has 0 aromatic heterocycles. The molecule has 8 nitrogen and oxygen atoms in total. The fourth-order valence-corrected chi connectivity index (χ4v) is 4.63. The van der Waals surface area contributed by atoms with Gasteiger partial charge in [-0.3, -0.25) is 9.59 Å². The van der Waals surface area contributed by atoms with Crippen LogP contribution < -0.4 is 14.2 Å². The molecule has 1 aliphatic heterocycles. The second-order valence-electron chi connectivity index (χ2n) is 8.84. The number of ketones is 1. The molecular weight excluding hydrogens is 507 g/mol. The zero-order chi connectivity index (χ0) is 26.7. The third-order valence-electron chi connectivity index (χ3n) is 5.66. The van der Waals surface area contributed by atoms with Crippen LogP contribution in [-0.2, 0) is 9.59 Å². The van der Waals surface area contributed by atoms with E-state index in [4.69, 9.17) is 37.4 Å². The number of hydrogen-bond donors (Lipinski definition) is 1. The van der Waals surface area contributed by atoms with Crippen LogP contribution >= 0.6 is 23.2 Å². The molecule has 1 aliphatic rings. The highest BCUT2D eigenvalue weighted by Gasteiger charge is 2.46. The molecule has 0 aliphatic carbocycles. The van der Waals surface area contributed by atoms with Crippen molar-refractivity contribution < 1.29 is 28.9 Å². The van der Waals surface area contributed by atoms with Gasteiger partial charge in [-0.2, -0.15) is 0 Å². The topological polar surface area (TPSA) is 88.5 Å². The van der Waals surface area contributed by atoms with Gasteiger partial charge in [0.25, 0.3) is 11.7 Å². The number of aliphatic hydroxyl groups is 1. The number of amides is 1. The van der Waals surface area contributed by atoms with Crippen LogP contribution in [0.2, 0.25) is 10.0 Å². The van der Waals surface area contributed by atoms with Crippen molar-refractivity contribution in [1.82, 2.24) is 9.80 Å². The number of aliphatic hydroxyl groups excluding tert-OH is 1. The molecule has 0 spiro atoms. The molecule has 2 aromatic carbocycles. The van der Waals surface area contributed by atoms with Crippen LogP contribution in [0, 0.1) is 0 Å². The largest absolute Gasteiger partial charge is 0.507 e. The van der Waals surface area contributed by atoms with Gasteiger partial charge >= 0.3 is 0 Å². The number of nitrogens with zero attached hydrogens (tertiary/aromatic N) is 2. The summed E-state index contributed by atoms with van der Waals surface area (Å²) in [6.07, 6.45) is -0.0875. The Morgan fingerprint density at radius 1 is 1.08 bits per heavy atom. The lowest BCUT2D eigenvalue weighted by molar-refractivity contribution is -0.140. The van der Waals surface area contributed by atoms with E-state index < -0.39 is 23.5 Å². The first-order chi connectivity index (χ1) is 17.0. The fraction of sp³-hybridized carbons (Fsp3) is 0.385. The average molecular weight is 537 g/mol. The molecule has 10 heteroatoms. The zero-order valence-corrected chi connectivity index (χ0v) is 22.6. The lowest BCUT2D eigenvalue weighted by Gasteiger charge is -2.27. The summed E-state index contributed by atoms with van der Waals surface area (Å²) < 4.78 is 16.7. The molecule has 1 fully saturated rings. The van der Waals surface area contributed by atoms with Crippen LogP contribution in [0.1, 0.15) is 31.0 Å². The number of hydrogen-bond acceptors (Lipinski definition) is 7. The number of likely N-dealkylation sites (N-methyl/N-ethyl adjacent to an activating group) is 1. The molecular formula is C26H30Cl2N2O6. The average Bonchev–Trinajstić information content (AvgIpc) is 3.06. The van der Waals surface area contributed by atoms with Crippen LogP contribution in [0.15, 0.2) is 35.9 Å². The summed E-state index contributed by atoms with van der Waals surface area (Å²) in [6, 6.07) is 7.17. The van der Waals surface area contributed by atoms with Crippen LogP contribution in [-0.4, -0.2) is 74.1 Å². The summed E-state index contributed by atoms with van der Waals surface area (Å²) in [6.45, 7) is 4.54. The number of ether oxygens (including phenoxy) is 3. The lowest BCUT2D eigenvalue weighted by atomic mass is 9.94. The van der Waals surface area contributed by atoms with Gasteiger partial charge in [-0.15, -0.1) is 0 Å². The van der Waals surface area contributed by atoms with E-state index >= 15 is 0 Å². The van der Waals surface area contributed by atoms with E-state index in [1.54, 1.807) is 18.2 Å². The summed E-state index contributed by atoms with van der Waals surface area (Å²) >= 11 is 12.5. The van der Waals surface area contributed by atoms with Crippen molar-refractivity contribution in [2.75, 3.05) is 41.4 Å². The summed E-state index contributed by atoms with van der Waals surface area (Å²) in [5.41, 5.74) is 0.571. The molecule has 194 valence electrons. The molecule has 1 heterocycles. The molecule has 1 unspecified atom stereocenters. The predicted octanol–water partition coefficient (Wildman–Crippen LogP) is 4.78. The van der Waals surface area contributed by atoms with E-state index in [1.165, 1.54) is 31.3 Å². The highest BCUT2D eigenvalue weighted by atomic mass is 35.5. The van der Waals surface area contributed by atoms with Gasteiger partial charge < -0.3 is 29.1 Å². The van der Waals surface area contributed by atoms with Crippen LogP contribution in [0.25, 0.3) is 5.76 Å². The number of carbonyl (C=O) groups is 2. The molecule has 1 amide bonds. The first-order valence-electron chi connectivity index (χ1n) is 11.3. The third kappa shape index (κ3) is 5.56. The minimum atomic E-state index is -0.894. The highest BCUT2D eigenvalue weighted by Crippen LogP contribution is 2.44. The van der Waals surface area contributed by atoms with Crippen molar-refractivity contribution in [3.05, 3.63) is 57.1 Å². The van der Waals surface area contributed by atoms with Crippen molar-refractivity contribution in [1.29, 1.82) is 0 Å². The van der Waals surface area contributed by atoms with Crippen LogP contribution in [0.5, 0.6) is 17.2 Å². The minimum Gasteiger partial charge on any atom is -0.507 e. The molecule has 3 rings (SSSR count). The smallest absolute Gasteiger partial charge is 0.295 e. The molecule has 0 bridgehead atoms. The maximum Gasteiger partial charge on any atom is 0.295 e. The summed E-state index contributed by atoms with van der Waals surface area (Å²) in [5.74, 6) is -0.899. The molecule has 0 radical (unpaired) electrons. The Morgan fingerprint density at radius 3 is 2.36 bits per heavy atom. The highest BCUT2D eigenvalue weighted by molar-refractivity contribution is 6.46. The number of benzene rings is 2. The van der Waals surface area contributed by atoms with Gasteiger partial charge in [0.2, 0.25) is 0 Å². The maximum atomic E-state index is 13.3. The van der Waals surface area contributed by atoms with E-state index in [2.05, 4.69) is 0 Å². The van der Waals surface area contributed by atoms with Gasteiger partial charge in [-0.1, -0.05) is 29.3 Å². The summed E-state index contributed by atoms with van der Waals surface area (Å²) in [7, 11) is 6.63. The summed E-state index contributed by atoms with van der Waals surface area (Å²) in [5, 5.41) is 11.8. The monoisotopic (exact) mass is 536 g/mol. The molecule has 1 N–H and O–H groups in total. The fourth-order valence-electron chi connectivity index (χ4n) is 4.06. The molecule has 1 atom stereocenters. The van der Waals surface area contributed by atoms with Gasteiger partial charge in [0.05, 0.1) is 42.5 Å². The van der Waals surface area contributed by atoms with Crippen molar-refractivity contribution in [2.24, 2.45) is 0 Å². The van der Waals surface area contributed by atoms with E-state index in [1.807, 2.05) is 32.8 Å². The second kappa shape index (κ2) is 11.4. The van der Waals surface area contributed by atoms with Crippen LogP contribution in [0.3, 0.4) is 0 Å². The lowest BCUT2D eigenvalue weighted by Crippen LogP contribution is -2.35. The Balaban J connectivity index is 2.26. The van der Waals surface area contributed by atoms with Crippen molar-refractivity contribution in [3.63, 3.8) is 0 Å². The predicted molar refractivity (Wildman–Crippen MR) is 139 cm³/mol. The number of Topliss-reactive ketones (excluding diaryl/α,β-unsaturated/α-hetero) is 1. The zero-order valence-electron chi connectivity index (χ0n) is 21.1. The Bertz CT molecular complexity index is 1200. The third-order valence-corrected chi connectivity index (χ3v) is 6.16. The van der Waals surface area contributed by atoms with E-state index in [-0.39, 0.29) is 39.6 Å². The minimum absolute atomic E-state index is 0.0875. The van der Waals surface area contributed by atoms with Crippen LogP contribution in [0.4, 0.5) is 0 Å². The first-order valence-corrected chi connectivity index (χ1v) is 12.1. The second-order valence-corrected chi connectivity index (χ2v) is 9.68. The molecule has 36 heavy (non-hydrogen) atoms. The number of carbonyl (C=O) groups excluding carboxylic acids is 2. The van der Waals surface area contributed by atoms with Gasteiger partial charge in [-0.05, 0) is 57.8 Å². The van der Waals surface area contributed by atoms with Gasteiger partial charge in [0.15, 0.2) is 11.5 Å². The number of methoxy groups -OCH3 is 2. The molecule has 0 saturated carbocycles. The Labute approximate surface area is 220 Å². The van der Waals surface area contributed by atoms with E-state index in [9.17, 15) is 14.7 Å². The first kappa shape index (κ1) is 27.6. The van der Waals surface area contributed by atoms with E-state index in [0.29, 0.717) is 23.6 Å².